The van der Waals surface area contributed by atoms with Crippen LogP contribution in [0.2, 0.25) is 0 Å². The van der Waals surface area contributed by atoms with E-state index in [2.05, 4.69) is 32.3 Å². The van der Waals surface area contributed by atoms with Crippen LogP contribution in [-0.2, 0) is 19.5 Å². The summed E-state index contributed by atoms with van der Waals surface area (Å²) in [6, 6.07) is 10.3. The zero-order chi connectivity index (χ0) is 15.4. The number of rotatable bonds is 5. The molecule has 0 unspecified atom stereocenters. The molecular weight excluding hydrogens is 278 g/mol. The topological polar surface area (TPSA) is 87.0 Å². The molecule has 2 heterocycles. The Hall–Kier alpha value is -2.18. The summed E-state index contributed by atoms with van der Waals surface area (Å²) in [5.41, 5.74) is 8.34. The highest BCUT2D eigenvalue weighted by Crippen LogP contribution is 2.17. The monoisotopic (exact) mass is 299 g/mol. The number of H-pyrrole nitrogens is 1. The highest BCUT2D eigenvalue weighted by atomic mass is 16.1. The number of aromatic amines is 1. The molecule has 0 aliphatic carbocycles. The molecule has 0 saturated heterocycles. The van der Waals surface area contributed by atoms with Gasteiger partial charge in [0.05, 0.1) is 11.3 Å². The zero-order valence-corrected chi connectivity index (χ0v) is 12.5. The Kier molecular flexibility index (Phi) is 4.50. The molecule has 4 N–H and O–H groups in total. The zero-order valence-electron chi connectivity index (χ0n) is 12.5. The standard InChI is InChI=1S/C16H21N5O/c17-7-8-18-16-19-14-6-9-21(11-13(14)15(22)20-16)10-12-4-2-1-3-5-12/h1-5H,6-11,17H2,(H2,18,19,20,22). The maximum absolute atomic E-state index is 12.3. The summed E-state index contributed by atoms with van der Waals surface area (Å²) < 4.78 is 0. The van der Waals surface area contributed by atoms with Crippen molar-refractivity contribution in [1.82, 2.24) is 14.9 Å². The molecule has 1 aromatic carbocycles. The fourth-order valence-corrected chi connectivity index (χ4v) is 2.73. The van der Waals surface area contributed by atoms with Gasteiger partial charge >= 0.3 is 0 Å². The molecule has 2 aromatic rings. The predicted octanol–water partition coefficient (Wildman–Crippen LogP) is 0.699. The van der Waals surface area contributed by atoms with Crippen LogP contribution in [-0.4, -0.2) is 34.5 Å². The van der Waals surface area contributed by atoms with Crippen molar-refractivity contribution in [3.05, 3.63) is 57.5 Å². The summed E-state index contributed by atoms with van der Waals surface area (Å²) in [6.45, 7) is 3.51. The van der Waals surface area contributed by atoms with E-state index in [1.165, 1.54) is 5.56 Å². The van der Waals surface area contributed by atoms with Gasteiger partial charge in [-0.2, -0.15) is 0 Å². The smallest absolute Gasteiger partial charge is 0.257 e. The van der Waals surface area contributed by atoms with Gasteiger partial charge in [0, 0.05) is 39.1 Å². The van der Waals surface area contributed by atoms with Crippen LogP contribution in [0.1, 0.15) is 16.8 Å². The van der Waals surface area contributed by atoms with Gasteiger partial charge in [0.1, 0.15) is 0 Å². The molecule has 1 aliphatic heterocycles. The summed E-state index contributed by atoms with van der Waals surface area (Å²) in [5, 5.41) is 3.03. The second-order valence-electron chi connectivity index (χ2n) is 5.50. The largest absolute Gasteiger partial charge is 0.354 e. The van der Waals surface area contributed by atoms with Crippen molar-refractivity contribution in [2.75, 3.05) is 25.0 Å². The van der Waals surface area contributed by atoms with Crippen LogP contribution in [0.15, 0.2) is 35.1 Å². The quantitative estimate of drug-likeness (QED) is 0.756. The molecule has 0 atom stereocenters. The first-order chi connectivity index (χ1) is 10.8. The molecular formula is C16H21N5O. The third-order valence-electron chi connectivity index (χ3n) is 3.83. The first-order valence-corrected chi connectivity index (χ1v) is 7.58. The van der Waals surface area contributed by atoms with E-state index in [4.69, 9.17) is 5.73 Å². The number of fused-ring (bicyclic) bond motifs is 1. The van der Waals surface area contributed by atoms with E-state index in [0.29, 0.717) is 25.6 Å². The predicted molar refractivity (Wildman–Crippen MR) is 86.7 cm³/mol. The summed E-state index contributed by atoms with van der Waals surface area (Å²) in [7, 11) is 0. The van der Waals surface area contributed by atoms with Gasteiger partial charge in [0.25, 0.3) is 5.56 Å². The van der Waals surface area contributed by atoms with Crippen LogP contribution in [0, 0.1) is 0 Å². The highest BCUT2D eigenvalue weighted by molar-refractivity contribution is 5.31. The van der Waals surface area contributed by atoms with Crippen molar-refractivity contribution in [3.63, 3.8) is 0 Å². The second kappa shape index (κ2) is 6.72. The van der Waals surface area contributed by atoms with Gasteiger partial charge in [-0.1, -0.05) is 30.3 Å². The van der Waals surface area contributed by atoms with Crippen LogP contribution >= 0.6 is 0 Å². The van der Waals surface area contributed by atoms with E-state index in [1.807, 2.05) is 18.2 Å². The molecule has 6 nitrogen and oxygen atoms in total. The molecule has 0 fully saturated rings. The molecule has 0 amide bonds. The van der Waals surface area contributed by atoms with Crippen molar-refractivity contribution in [2.24, 2.45) is 5.73 Å². The molecule has 116 valence electrons. The van der Waals surface area contributed by atoms with E-state index < -0.39 is 0 Å². The average Bonchev–Trinajstić information content (AvgIpc) is 2.54. The van der Waals surface area contributed by atoms with Crippen molar-refractivity contribution >= 4 is 5.95 Å². The number of nitrogens with two attached hydrogens (primary N) is 1. The SMILES string of the molecule is NCCNc1nc2c(c(=O)[nH]1)CN(Cc1ccccc1)CC2. The van der Waals surface area contributed by atoms with Gasteiger partial charge in [0.15, 0.2) is 0 Å². The first-order valence-electron chi connectivity index (χ1n) is 7.58. The first kappa shape index (κ1) is 14.7. The number of nitrogens with zero attached hydrogens (tertiary/aromatic N) is 2. The van der Waals surface area contributed by atoms with E-state index in [1.54, 1.807) is 0 Å². The number of benzene rings is 1. The van der Waals surface area contributed by atoms with Crippen LogP contribution in [0.3, 0.4) is 0 Å². The Morgan fingerprint density at radius 1 is 1.32 bits per heavy atom. The summed E-state index contributed by atoms with van der Waals surface area (Å²) in [5.74, 6) is 0.519. The number of hydrogen-bond acceptors (Lipinski definition) is 5. The summed E-state index contributed by atoms with van der Waals surface area (Å²) >= 11 is 0. The van der Waals surface area contributed by atoms with Gasteiger partial charge in [-0.3, -0.25) is 14.7 Å². The van der Waals surface area contributed by atoms with Crippen LogP contribution in [0.5, 0.6) is 0 Å². The molecule has 1 aliphatic rings. The van der Waals surface area contributed by atoms with Crippen molar-refractivity contribution < 1.29 is 0 Å². The number of nitrogens with one attached hydrogen (secondary N) is 2. The summed E-state index contributed by atoms with van der Waals surface area (Å²) in [4.78, 5) is 21.8. The normalized spacial score (nSPS) is 14.6. The van der Waals surface area contributed by atoms with Gasteiger partial charge < -0.3 is 11.1 Å². The van der Waals surface area contributed by atoms with Gasteiger partial charge in [-0.15, -0.1) is 0 Å². The molecule has 1 aromatic heterocycles. The lowest BCUT2D eigenvalue weighted by Gasteiger charge is -2.27. The molecule has 0 saturated carbocycles. The Morgan fingerprint density at radius 2 is 2.14 bits per heavy atom. The maximum Gasteiger partial charge on any atom is 0.257 e. The van der Waals surface area contributed by atoms with E-state index in [-0.39, 0.29) is 5.56 Å². The maximum atomic E-state index is 12.3. The van der Waals surface area contributed by atoms with E-state index in [9.17, 15) is 4.79 Å². The molecule has 6 heteroatoms. The lowest BCUT2D eigenvalue weighted by Crippen LogP contribution is -2.35. The third-order valence-corrected chi connectivity index (χ3v) is 3.83. The van der Waals surface area contributed by atoms with Crippen LogP contribution in [0.4, 0.5) is 5.95 Å². The van der Waals surface area contributed by atoms with Crippen LogP contribution in [0.25, 0.3) is 0 Å². The average molecular weight is 299 g/mol. The van der Waals surface area contributed by atoms with E-state index in [0.717, 1.165) is 30.8 Å². The number of aromatic nitrogens is 2. The van der Waals surface area contributed by atoms with Crippen molar-refractivity contribution in [1.29, 1.82) is 0 Å². The highest BCUT2D eigenvalue weighted by Gasteiger charge is 2.21. The van der Waals surface area contributed by atoms with Gasteiger partial charge in [0.2, 0.25) is 5.95 Å². The molecule has 0 spiro atoms. The fraction of sp³-hybridized carbons (Fsp3) is 0.375. The second-order valence-corrected chi connectivity index (χ2v) is 5.50. The van der Waals surface area contributed by atoms with Gasteiger partial charge in [-0.25, -0.2) is 4.98 Å². The minimum absolute atomic E-state index is 0.0534. The minimum Gasteiger partial charge on any atom is -0.354 e. The number of hydrogen-bond donors (Lipinski definition) is 3. The van der Waals surface area contributed by atoms with Crippen molar-refractivity contribution in [3.8, 4) is 0 Å². The third kappa shape index (κ3) is 3.35. The molecule has 3 rings (SSSR count). The molecule has 22 heavy (non-hydrogen) atoms. The lowest BCUT2D eigenvalue weighted by molar-refractivity contribution is 0.242. The molecule has 0 radical (unpaired) electrons. The Bertz CT molecular complexity index is 683. The number of anilines is 1. The Morgan fingerprint density at radius 3 is 2.91 bits per heavy atom. The van der Waals surface area contributed by atoms with E-state index >= 15 is 0 Å². The summed E-state index contributed by atoms with van der Waals surface area (Å²) in [6.07, 6.45) is 0.795. The van der Waals surface area contributed by atoms with Crippen molar-refractivity contribution in [2.45, 2.75) is 19.5 Å². The molecule has 0 bridgehead atoms. The minimum atomic E-state index is -0.0534. The van der Waals surface area contributed by atoms with Gasteiger partial charge in [-0.05, 0) is 5.56 Å². The van der Waals surface area contributed by atoms with Crippen LogP contribution < -0.4 is 16.6 Å². The Labute approximate surface area is 129 Å². The Balaban J connectivity index is 1.74. The lowest BCUT2D eigenvalue weighted by atomic mass is 10.1. The fourth-order valence-electron chi connectivity index (χ4n) is 2.73.